The summed E-state index contributed by atoms with van der Waals surface area (Å²) in [6.07, 6.45) is 6.83. The highest BCUT2D eigenvalue weighted by molar-refractivity contribution is 7.89. The fourth-order valence-electron chi connectivity index (χ4n) is 2.97. The van der Waals surface area contributed by atoms with Gasteiger partial charge in [0.15, 0.2) is 0 Å². The lowest BCUT2D eigenvalue weighted by Crippen LogP contribution is -2.41. The van der Waals surface area contributed by atoms with Gasteiger partial charge in [-0.15, -0.1) is 0 Å². The Hall–Kier alpha value is -3.10. The van der Waals surface area contributed by atoms with Crippen molar-refractivity contribution in [3.63, 3.8) is 0 Å². The third-order valence-electron chi connectivity index (χ3n) is 4.66. The normalized spacial score (nSPS) is 11.4. The van der Waals surface area contributed by atoms with E-state index in [2.05, 4.69) is 9.97 Å². The molecule has 0 N–H and O–H groups in total. The average Bonchev–Trinajstić information content (AvgIpc) is 2.78. The molecule has 0 fully saturated rings. The SMILES string of the molecule is CN(CC(=O)N(CCc1ccccc1)Cc1cccnc1)S(=O)(=O)c1cccnc1. The van der Waals surface area contributed by atoms with Gasteiger partial charge in [0.2, 0.25) is 15.9 Å². The number of hydrogen-bond donors (Lipinski definition) is 0. The smallest absolute Gasteiger partial charge is 0.244 e. The van der Waals surface area contributed by atoms with E-state index in [1.54, 1.807) is 23.4 Å². The van der Waals surface area contributed by atoms with Crippen LogP contribution in [0.25, 0.3) is 0 Å². The number of carbonyl (C=O) groups excluding carboxylic acids is 1. The number of nitrogens with zero attached hydrogens (tertiary/aromatic N) is 4. The summed E-state index contributed by atoms with van der Waals surface area (Å²) in [6, 6.07) is 16.6. The van der Waals surface area contributed by atoms with Crippen LogP contribution >= 0.6 is 0 Å². The van der Waals surface area contributed by atoms with Crippen molar-refractivity contribution in [3.05, 3.63) is 90.5 Å². The lowest BCUT2D eigenvalue weighted by molar-refractivity contribution is -0.131. The summed E-state index contributed by atoms with van der Waals surface area (Å²) in [6.45, 7) is 0.574. The van der Waals surface area contributed by atoms with Gasteiger partial charge in [0.05, 0.1) is 6.54 Å². The van der Waals surface area contributed by atoms with Crippen LogP contribution in [0.15, 0.2) is 84.3 Å². The standard InChI is InChI=1S/C22H24N4O3S/c1-25(30(28,29)21-10-6-13-24-16-21)18-22(27)26(17-20-9-5-12-23-15-20)14-11-19-7-3-2-4-8-19/h2-10,12-13,15-16H,11,14,17-18H2,1H3. The van der Waals surface area contributed by atoms with Crippen LogP contribution in [0.1, 0.15) is 11.1 Å². The Morgan fingerprint density at radius 3 is 2.20 bits per heavy atom. The number of rotatable bonds is 9. The Morgan fingerprint density at radius 1 is 0.900 bits per heavy atom. The van der Waals surface area contributed by atoms with E-state index in [4.69, 9.17) is 0 Å². The lowest BCUT2D eigenvalue weighted by atomic mass is 10.1. The summed E-state index contributed by atoms with van der Waals surface area (Å²) in [4.78, 5) is 22.7. The molecule has 1 aromatic carbocycles. The largest absolute Gasteiger partial charge is 0.337 e. The molecule has 0 aliphatic carbocycles. The summed E-state index contributed by atoms with van der Waals surface area (Å²) in [5.74, 6) is -0.273. The molecule has 1 amide bonds. The monoisotopic (exact) mass is 424 g/mol. The molecule has 2 aromatic heterocycles. The molecule has 0 radical (unpaired) electrons. The zero-order valence-electron chi connectivity index (χ0n) is 16.8. The highest BCUT2D eigenvalue weighted by atomic mass is 32.2. The fraction of sp³-hybridized carbons (Fsp3) is 0.227. The number of carbonyl (C=O) groups is 1. The molecule has 3 rings (SSSR count). The molecule has 0 unspecified atom stereocenters. The maximum absolute atomic E-state index is 13.0. The number of sulfonamides is 1. The molecule has 3 aromatic rings. The van der Waals surface area contributed by atoms with Gasteiger partial charge >= 0.3 is 0 Å². The Kier molecular flexibility index (Phi) is 7.26. The van der Waals surface area contributed by atoms with Crippen LogP contribution in [-0.2, 0) is 27.8 Å². The van der Waals surface area contributed by atoms with E-state index in [9.17, 15) is 13.2 Å². The van der Waals surface area contributed by atoms with Gasteiger partial charge in [0.25, 0.3) is 0 Å². The van der Waals surface area contributed by atoms with Gasteiger partial charge in [0.1, 0.15) is 4.90 Å². The second kappa shape index (κ2) is 10.1. The predicted octanol–water partition coefficient (Wildman–Crippen LogP) is 2.37. The summed E-state index contributed by atoms with van der Waals surface area (Å²) >= 11 is 0. The van der Waals surface area contributed by atoms with E-state index in [-0.39, 0.29) is 17.3 Å². The maximum Gasteiger partial charge on any atom is 0.244 e. The van der Waals surface area contributed by atoms with Gasteiger partial charge in [-0.05, 0) is 35.7 Å². The van der Waals surface area contributed by atoms with Crippen LogP contribution in [0.2, 0.25) is 0 Å². The van der Waals surface area contributed by atoms with E-state index in [1.165, 1.54) is 25.5 Å². The molecule has 0 saturated carbocycles. The van der Waals surface area contributed by atoms with Crippen molar-refractivity contribution >= 4 is 15.9 Å². The first-order valence-electron chi connectivity index (χ1n) is 9.54. The molecule has 0 bridgehead atoms. The molecule has 0 saturated heterocycles. The molecule has 0 aliphatic heterocycles. The Balaban J connectivity index is 1.73. The Morgan fingerprint density at radius 2 is 1.57 bits per heavy atom. The number of aromatic nitrogens is 2. The minimum Gasteiger partial charge on any atom is -0.337 e. The number of benzene rings is 1. The van der Waals surface area contributed by atoms with Crippen LogP contribution in [0.3, 0.4) is 0 Å². The third-order valence-corrected chi connectivity index (χ3v) is 6.45. The van der Waals surface area contributed by atoms with E-state index in [0.717, 1.165) is 15.4 Å². The van der Waals surface area contributed by atoms with Gasteiger partial charge in [-0.25, -0.2) is 8.42 Å². The highest BCUT2D eigenvalue weighted by Gasteiger charge is 2.25. The van der Waals surface area contributed by atoms with Crippen LogP contribution in [-0.4, -0.2) is 53.6 Å². The lowest BCUT2D eigenvalue weighted by Gasteiger charge is -2.25. The quantitative estimate of drug-likeness (QED) is 0.527. The molecule has 7 nitrogen and oxygen atoms in total. The zero-order chi connectivity index (χ0) is 21.4. The van der Waals surface area contributed by atoms with Crippen molar-refractivity contribution in [1.29, 1.82) is 0 Å². The second-order valence-corrected chi connectivity index (χ2v) is 8.91. The maximum atomic E-state index is 13.0. The summed E-state index contributed by atoms with van der Waals surface area (Å²) in [7, 11) is -2.39. The summed E-state index contributed by atoms with van der Waals surface area (Å²) in [5, 5.41) is 0. The van der Waals surface area contributed by atoms with E-state index >= 15 is 0 Å². The van der Waals surface area contributed by atoms with Gasteiger partial charge in [-0.2, -0.15) is 4.31 Å². The zero-order valence-corrected chi connectivity index (χ0v) is 17.6. The molecular formula is C22H24N4O3S. The summed E-state index contributed by atoms with van der Waals surface area (Å²) < 4.78 is 26.5. The van der Waals surface area contributed by atoms with Crippen LogP contribution < -0.4 is 0 Å². The molecule has 30 heavy (non-hydrogen) atoms. The van der Waals surface area contributed by atoms with Crippen molar-refractivity contribution in [1.82, 2.24) is 19.2 Å². The molecule has 0 spiro atoms. The first-order valence-corrected chi connectivity index (χ1v) is 11.0. The molecule has 2 heterocycles. The minimum absolute atomic E-state index is 0.0587. The number of hydrogen-bond acceptors (Lipinski definition) is 5. The predicted molar refractivity (Wildman–Crippen MR) is 114 cm³/mol. The van der Waals surface area contributed by atoms with Crippen LogP contribution in [0, 0.1) is 0 Å². The fourth-order valence-corrected chi connectivity index (χ4v) is 4.05. The van der Waals surface area contributed by atoms with E-state index in [0.29, 0.717) is 19.5 Å². The topological polar surface area (TPSA) is 83.5 Å². The Bertz CT molecular complexity index is 1050. The first kappa shape index (κ1) is 21.6. The number of pyridine rings is 2. The number of likely N-dealkylation sites (N-methyl/N-ethyl adjacent to an activating group) is 1. The van der Waals surface area contributed by atoms with Gasteiger partial charge < -0.3 is 4.90 Å². The van der Waals surface area contributed by atoms with Crippen molar-refractivity contribution in [2.75, 3.05) is 20.1 Å². The van der Waals surface area contributed by atoms with E-state index < -0.39 is 10.0 Å². The highest BCUT2D eigenvalue weighted by Crippen LogP contribution is 2.14. The van der Waals surface area contributed by atoms with Crippen molar-refractivity contribution in [2.24, 2.45) is 0 Å². The molecule has 8 heteroatoms. The van der Waals surface area contributed by atoms with Crippen LogP contribution in [0.5, 0.6) is 0 Å². The van der Waals surface area contributed by atoms with Crippen LogP contribution in [0.4, 0.5) is 0 Å². The van der Waals surface area contributed by atoms with Gasteiger partial charge in [-0.3, -0.25) is 14.8 Å². The number of amides is 1. The third kappa shape index (κ3) is 5.71. The first-order chi connectivity index (χ1) is 14.5. The molecule has 156 valence electrons. The van der Waals surface area contributed by atoms with Crippen molar-refractivity contribution in [2.45, 2.75) is 17.9 Å². The summed E-state index contributed by atoms with van der Waals surface area (Å²) in [5.41, 5.74) is 1.99. The molecule has 0 aliphatic rings. The molecular weight excluding hydrogens is 400 g/mol. The average molecular weight is 425 g/mol. The van der Waals surface area contributed by atoms with Crippen molar-refractivity contribution in [3.8, 4) is 0 Å². The molecule has 0 atom stereocenters. The van der Waals surface area contributed by atoms with Crippen molar-refractivity contribution < 1.29 is 13.2 Å². The van der Waals surface area contributed by atoms with E-state index in [1.807, 2.05) is 42.5 Å². The second-order valence-electron chi connectivity index (χ2n) is 6.86. The van der Waals surface area contributed by atoms with Gasteiger partial charge in [-0.1, -0.05) is 36.4 Å². The minimum atomic E-state index is -3.80. The Labute approximate surface area is 177 Å². The van der Waals surface area contributed by atoms with Gasteiger partial charge in [0, 0.05) is 44.9 Å².